The van der Waals surface area contributed by atoms with E-state index in [-0.39, 0.29) is 0 Å². The molecule has 2 heterocycles. The van der Waals surface area contributed by atoms with Crippen LogP contribution in [0.1, 0.15) is 55.2 Å². The van der Waals surface area contributed by atoms with Crippen LogP contribution in [0.25, 0.3) is 10.9 Å². The highest BCUT2D eigenvalue weighted by Gasteiger charge is 2.35. The molecule has 5 rings (SSSR count). The van der Waals surface area contributed by atoms with E-state index in [4.69, 9.17) is 4.74 Å². The van der Waals surface area contributed by atoms with Gasteiger partial charge in [-0.05, 0) is 61.6 Å². The Kier molecular flexibility index (Phi) is 3.79. The van der Waals surface area contributed by atoms with Crippen LogP contribution in [0.15, 0.2) is 42.5 Å². The number of rotatable bonds is 3. The van der Waals surface area contributed by atoms with Crippen LogP contribution in [0.4, 0.5) is 0 Å². The van der Waals surface area contributed by atoms with E-state index in [1.807, 2.05) is 12.1 Å². The number of esters is 1. The van der Waals surface area contributed by atoms with E-state index in [0.29, 0.717) is 16.7 Å². The van der Waals surface area contributed by atoms with E-state index >= 15 is 0 Å². The van der Waals surface area contributed by atoms with E-state index in [1.165, 1.54) is 17.7 Å². The van der Waals surface area contributed by atoms with E-state index < -0.39 is 24.5 Å². The van der Waals surface area contributed by atoms with Crippen LogP contribution in [0.2, 0.25) is 0 Å². The van der Waals surface area contributed by atoms with Crippen LogP contribution < -0.4 is 0 Å². The molecule has 0 spiro atoms. The minimum atomic E-state index is -0.552. The van der Waals surface area contributed by atoms with Gasteiger partial charge in [0.2, 0.25) is 0 Å². The number of H-pyrrole nitrogens is 1. The van der Waals surface area contributed by atoms with Crippen molar-refractivity contribution in [2.24, 2.45) is 0 Å². The topological polar surface area (TPSA) is 79.5 Å². The van der Waals surface area contributed by atoms with Gasteiger partial charge < -0.3 is 9.72 Å². The molecular formula is C22H18N2O4. The molecule has 140 valence electrons. The third kappa shape index (κ3) is 2.52. The molecule has 0 radical (unpaired) electrons. The van der Waals surface area contributed by atoms with Gasteiger partial charge in [-0.3, -0.25) is 9.59 Å². The minimum absolute atomic E-state index is 0.337. The van der Waals surface area contributed by atoms with E-state index in [2.05, 4.69) is 4.98 Å². The fourth-order valence-electron chi connectivity index (χ4n) is 4.10. The van der Waals surface area contributed by atoms with Crippen molar-refractivity contribution in [3.63, 3.8) is 0 Å². The number of amides is 2. The van der Waals surface area contributed by atoms with Crippen LogP contribution in [0, 0.1) is 0 Å². The highest BCUT2D eigenvalue weighted by molar-refractivity contribution is 6.21. The zero-order chi connectivity index (χ0) is 19.3. The van der Waals surface area contributed by atoms with Crippen LogP contribution in [-0.2, 0) is 17.6 Å². The lowest BCUT2D eigenvalue weighted by molar-refractivity contribution is 0.0228. The molecule has 2 aromatic carbocycles. The maximum absolute atomic E-state index is 12.5. The maximum atomic E-state index is 12.5. The fourth-order valence-corrected chi connectivity index (χ4v) is 4.10. The Balaban J connectivity index is 1.35. The number of fused-ring (bicyclic) bond motifs is 4. The first-order valence-electron chi connectivity index (χ1n) is 9.39. The van der Waals surface area contributed by atoms with Crippen molar-refractivity contribution in [2.45, 2.75) is 25.7 Å². The Morgan fingerprint density at radius 3 is 2.46 bits per heavy atom. The highest BCUT2D eigenvalue weighted by atomic mass is 16.5. The lowest BCUT2D eigenvalue weighted by Gasteiger charge is -2.14. The summed E-state index contributed by atoms with van der Waals surface area (Å²) in [6.07, 6.45) is 4.36. The fraction of sp³-hybridized carbons (Fsp3) is 0.227. The van der Waals surface area contributed by atoms with Crippen molar-refractivity contribution in [3.8, 4) is 0 Å². The largest absolute Gasteiger partial charge is 0.440 e. The van der Waals surface area contributed by atoms with Gasteiger partial charge in [-0.1, -0.05) is 12.1 Å². The van der Waals surface area contributed by atoms with Crippen LogP contribution in [0.3, 0.4) is 0 Å². The summed E-state index contributed by atoms with van der Waals surface area (Å²) in [5.74, 6) is -1.43. The molecule has 1 N–H and O–H groups in total. The molecule has 0 saturated heterocycles. The zero-order valence-corrected chi connectivity index (χ0v) is 15.2. The summed E-state index contributed by atoms with van der Waals surface area (Å²) in [5, 5.41) is 1.05. The highest BCUT2D eigenvalue weighted by Crippen LogP contribution is 2.30. The van der Waals surface area contributed by atoms with Crippen LogP contribution >= 0.6 is 0 Å². The summed E-state index contributed by atoms with van der Waals surface area (Å²) < 4.78 is 5.29. The molecule has 0 bridgehead atoms. The number of benzene rings is 2. The van der Waals surface area contributed by atoms with Crippen molar-refractivity contribution in [3.05, 3.63) is 70.4 Å². The average molecular weight is 374 g/mol. The summed E-state index contributed by atoms with van der Waals surface area (Å²) >= 11 is 0. The Labute approximate surface area is 161 Å². The van der Waals surface area contributed by atoms with Gasteiger partial charge in [0.15, 0.2) is 6.73 Å². The van der Waals surface area contributed by atoms with Crippen molar-refractivity contribution in [2.75, 3.05) is 6.73 Å². The molecule has 0 saturated carbocycles. The molecule has 2 amide bonds. The number of nitrogens with zero attached hydrogens (tertiary/aromatic N) is 1. The van der Waals surface area contributed by atoms with E-state index in [9.17, 15) is 14.4 Å². The summed E-state index contributed by atoms with van der Waals surface area (Å²) in [5.41, 5.74) is 4.63. The van der Waals surface area contributed by atoms with Gasteiger partial charge >= 0.3 is 5.97 Å². The molecule has 1 aromatic heterocycles. The monoisotopic (exact) mass is 374 g/mol. The average Bonchev–Trinajstić information content (AvgIpc) is 3.22. The Morgan fingerprint density at radius 1 is 1.00 bits per heavy atom. The molecule has 2 aliphatic rings. The third-order valence-corrected chi connectivity index (χ3v) is 5.54. The van der Waals surface area contributed by atoms with E-state index in [1.54, 1.807) is 30.3 Å². The normalized spacial score (nSPS) is 15.6. The van der Waals surface area contributed by atoms with Gasteiger partial charge in [-0.2, -0.15) is 0 Å². The number of carbonyl (C=O) groups is 3. The second-order valence-corrected chi connectivity index (χ2v) is 7.19. The predicted octanol–water partition coefficient (Wildman–Crippen LogP) is 3.46. The molecule has 0 atom stereocenters. The summed E-state index contributed by atoms with van der Waals surface area (Å²) in [4.78, 5) is 41.7. The number of nitrogens with one attached hydrogen (secondary N) is 1. The SMILES string of the molecule is O=C(OCN1C(=O)c2ccccc2C1=O)c1ccc2[nH]c3c(c2c1)CCCC3. The molecule has 28 heavy (non-hydrogen) atoms. The van der Waals surface area contributed by atoms with Crippen molar-refractivity contribution < 1.29 is 19.1 Å². The van der Waals surface area contributed by atoms with Crippen LogP contribution in [0.5, 0.6) is 0 Å². The lowest BCUT2D eigenvalue weighted by atomic mass is 9.95. The Hall–Kier alpha value is -3.41. The molecular weight excluding hydrogens is 356 g/mol. The van der Waals surface area contributed by atoms with Crippen molar-refractivity contribution in [1.29, 1.82) is 0 Å². The second kappa shape index (κ2) is 6.34. The first-order chi connectivity index (χ1) is 13.6. The maximum Gasteiger partial charge on any atom is 0.339 e. The molecule has 0 fully saturated rings. The van der Waals surface area contributed by atoms with Crippen molar-refractivity contribution >= 4 is 28.7 Å². The number of aryl methyl sites for hydroxylation is 2. The molecule has 0 unspecified atom stereocenters. The predicted molar refractivity (Wildman–Crippen MR) is 102 cm³/mol. The quantitative estimate of drug-likeness (QED) is 0.562. The van der Waals surface area contributed by atoms with Gasteiger partial charge in [0, 0.05) is 16.6 Å². The van der Waals surface area contributed by atoms with Gasteiger partial charge in [-0.15, -0.1) is 0 Å². The standard InChI is InChI=1S/C22H18N2O4/c25-20-15-6-1-2-7-16(15)21(26)24(20)12-28-22(27)13-9-10-19-17(11-13)14-5-3-4-8-18(14)23-19/h1-2,6-7,9-11,23H,3-5,8,12H2. The Morgan fingerprint density at radius 2 is 1.71 bits per heavy atom. The number of hydrogen-bond donors (Lipinski definition) is 1. The van der Waals surface area contributed by atoms with Gasteiger partial charge in [0.1, 0.15) is 0 Å². The third-order valence-electron chi connectivity index (χ3n) is 5.54. The second-order valence-electron chi connectivity index (χ2n) is 7.19. The molecule has 6 heteroatoms. The van der Waals surface area contributed by atoms with Crippen molar-refractivity contribution in [1.82, 2.24) is 9.88 Å². The van der Waals surface area contributed by atoms with E-state index in [0.717, 1.165) is 35.1 Å². The van der Waals surface area contributed by atoms with Gasteiger partial charge in [0.05, 0.1) is 16.7 Å². The summed E-state index contributed by atoms with van der Waals surface area (Å²) in [6, 6.07) is 12.0. The molecule has 1 aliphatic carbocycles. The number of imide groups is 1. The minimum Gasteiger partial charge on any atom is -0.440 e. The zero-order valence-electron chi connectivity index (χ0n) is 15.2. The smallest absolute Gasteiger partial charge is 0.339 e. The Bertz CT molecular complexity index is 1110. The number of carbonyl (C=O) groups excluding carboxylic acids is 3. The lowest BCUT2D eigenvalue weighted by Crippen LogP contribution is -2.33. The van der Waals surface area contributed by atoms with Gasteiger partial charge in [0.25, 0.3) is 11.8 Å². The number of ether oxygens (including phenoxy) is 1. The first kappa shape index (κ1) is 16.7. The molecule has 6 nitrogen and oxygen atoms in total. The number of aromatic amines is 1. The number of aromatic nitrogens is 1. The van der Waals surface area contributed by atoms with Gasteiger partial charge in [-0.25, -0.2) is 9.69 Å². The molecule has 3 aromatic rings. The summed E-state index contributed by atoms with van der Waals surface area (Å²) in [6.45, 7) is -0.394. The molecule has 1 aliphatic heterocycles. The number of hydrogen-bond acceptors (Lipinski definition) is 4. The summed E-state index contributed by atoms with van der Waals surface area (Å²) in [7, 11) is 0. The van der Waals surface area contributed by atoms with Crippen LogP contribution in [-0.4, -0.2) is 34.4 Å². The first-order valence-corrected chi connectivity index (χ1v) is 9.39.